The standard InChI is InChI=1S/C26H31N5O4S/c1-19-24(18-36(33,34)31-14-12-30(13-15-31)23-5-2-6-23)29-26(35-19)22-9-7-21(8-10-22)25(32)28-17-20-4-3-11-27-16-20/h3-4,7-11,16,23H,2,5-6,12-15,17-18H2,1H3,(H,28,32). The van der Waals surface area contributed by atoms with Gasteiger partial charge in [0, 0.05) is 62.3 Å². The maximum Gasteiger partial charge on any atom is 0.251 e. The van der Waals surface area contributed by atoms with E-state index in [0.29, 0.717) is 54.1 Å². The average molecular weight is 510 g/mol. The van der Waals surface area contributed by atoms with Crippen molar-refractivity contribution >= 4 is 15.9 Å². The van der Waals surface area contributed by atoms with E-state index in [4.69, 9.17) is 4.42 Å². The van der Waals surface area contributed by atoms with Crippen LogP contribution in [0.5, 0.6) is 0 Å². The number of benzene rings is 1. The van der Waals surface area contributed by atoms with Crippen LogP contribution in [0.4, 0.5) is 0 Å². The van der Waals surface area contributed by atoms with Gasteiger partial charge in [0.25, 0.3) is 5.91 Å². The number of carbonyl (C=O) groups excluding carboxylic acids is 1. The van der Waals surface area contributed by atoms with Crippen molar-refractivity contribution in [3.05, 3.63) is 71.4 Å². The zero-order valence-electron chi connectivity index (χ0n) is 20.4. The molecule has 2 aliphatic rings. The summed E-state index contributed by atoms with van der Waals surface area (Å²) >= 11 is 0. The Morgan fingerprint density at radius 3 is 2.50 bits per heavy atom. The highest BCUT2D eigenvalue weighted by Crippen LogP contribution is 2.27. The van der Waals surface area contributed by atoms with Crippen LogP contribution in [-0.2, 0) is 22.3 Å². The summed E-state index contributed by atoms with van der Waals surface area (Å²) in [6.07, 6.45) is 7.13. The molecule has 36 heavy (non-hydrogen) atoms. The normalized spacial score (nSPS) is 17.6. The molecule has 1 amide bonds. The van der Waals surface area contributed by atoms with Crippen molar-refractivity contribution in [2.24, 2.45) is 0 Å². The van der Waals surface area contributed by atoms with Crippen LogP contribution < -0.4 is 5.32 Å². The summed E-state index contributed by atoms with van der Waals surface area (Å²) in [6, 6.07) is 11.3. The minimum absolute atomic E-state index is 0.180. The second kappa shape index (κ2) is 10.5. The fraction of sp³-hybridized carbons (Fsp3) is 0.423. The van der Waals surface area contributed by atoms with Crippen molar-refractivity contribution in [1.82, 2.24) is 24.5 Å². The molecule has 0 spiro atoms. The molecular weight excluding hydrogens is 478 g/mol. The lowest BCUT2D eigenvalue weighted by molar-refractivity contribution is 0.0888. The van der Waals surface area contributed by atoms with Crippen molar-refractivity contribution in [2.45, 2.75) is 44.5 Å². The number of piperazine rings is 1. The molecule has 1 aromatic carbocycles. The Morgan fingerprint density at radius 1 is 1.11 bits per heavy atom. The fourth-order valence-corrected chi connectivity index (χ4v) is 6.12. The van der Waals surface area contributed by atoms with Crippen LogP contribution in [0.1, 0.15) is 46.6 Å². The van der Waals surface area contributed by atoms with Gasteiger partial charge in [-0.25, -0.2) is 13.4 Å². The van der Waals surface area contributed by atoms with Gasteiger partial charge in [-0.1, -0.05) is 12.5 Å². The lowest BCUT2D eigenvalue weighted by Crippen LogP contribution is -2.53. The molecule has 3 heterocycles. The first kappa shape index (κ1) is 24.6. The van der Waals surface area contributed by atoms with Gasteiger partial charge in [0.2, 0.25) is 15.9 Å². The molecule has 0 bridgehead atoms. The third-order valence-corrected chi connectivity index (χ3v) is 8.83. The monoisotopic (exact) mass is 509 g/mol. The first-order valence-electron chi connectivity index (χ1n) is 12.3. The Bertz CT molecular complexity index is 1300. The van der Waals surface area contributed by atoms with Crippen LogP contribution in [0.15, 0.2) is 53.2 Å². The molecule has 0 atom stereocenters. The molecule has 10 heteroatoms. The molecule has 1 saturated carbocycles. The second-order valence-corrected chi connectivity index (χ2v) is 11.4. The predicted molar refractivity (Wildman–Crippen MR) is 135 cm³/mol. The van der Waals surface area contributed by atoms with Gasteiger partial charge in [0.15, 0.2) is 0 Å². The number of nitrogens with zero attached hydrogens (tertiary/aromatic N) is 4. The molecule has 3 aromatic rings. The topological polar surface area (TPSA) is 109 Å². The quantitative estimate of drug-likeness (QED) is 0.497. The third-order valence-electron chi connectivity index (χ3n) is 7.04. The van der Waals surface area contributed by atoms with E-state index >= 15 is 0 Å². The highest BCUT2D eigenvalue weighted by atomic mass is 32.2. The van der Waals surface area contributed by atoms with Crippen LogP contribution in [0.3, 0.4) is 0 Å². The van der Waals surface area contributed by atoms with E-state index in [2.05, 4.69) is 20.2 Å². The number of rotatable bonds is 8. The number of amides is 1. The summed E-state index contributed by atoms with van der Waals surface area (Å²) in [5, 5.41) is 2.87. The van der Waals surface area contributed by atoms with Crippen LogP contribution in [0.2, 0.25) is 0 Å². The Labute approximate surface area is 211 Å². The number of sulfonamides is 1. The van der Waals surface area contributed by atoms with Crippen molar-refractivity contribution in [3.8, 4) is 11.5 Å². The molecule has 1 N–H and O–H groups in total. The van der Waals surface area contributed by atoms with E-state index < -0.39 is 10.0 Å². The Morgan fingerprint density at radius 2 is 1.86 bits per heavy atom. The van der Waals surface area contributed by atoms with Gasteiger partial charge >= 0.3 is 0 Å². The minimum Gasteiger partial charge on any atom is -0.441 e. The highest BCUT2D eigenvalue weighted by molar-refractivity contribution is 7.88. The molecular formula is C26H31N5O4S. The number of hydrogen-bond acceptors (Lipinski definition) is 7. The van der Waals surface area contributed by atoms with Gasteiger partial charge < -0.3 is 9.73 Å². The van der Waals surface area contributed by atoms with Crippen molar-refractivity contribution < 1.29 is 17.6 Å². The molecule has 5 rings (SSSR count). The van der Waals surface area contributed by atoms with E-state index in [-0.39, 0.29) is 11.7 Å². The van der Waals surface area contributed by atoms with Crippen molar-refractivity contribution in [3.63, 3.8) is 0 Å². The number of aryl methyl sites for hydroxylation is 1. The van der Waals surface area contributed by atoms with Crippen molar-refractivity contribution in [1.29, 1.82) is 0 Å². The van der Waals surface area contributed by atoms with Crippen molar-refractivity contribution in [2.75, 3.05) is 26.2 Å². The van der Waals surface area contributed by atoms with Gasteiger partial charge in [0.05, 0.1) is 5.69 Å². The summed E-state index contributed by atoms with van der Waals surface area (Å²) in [7, 11) is -3.49. The summed E-state index contributed by atoms with van der Waals surface area (Å²) in [4.78, 5) is 23.4. The fourth-order valence-electron chi connectivity index (χ4n) is 4.60. The Balaban J connectivity index is 1.20. The zero-order chi connectivity index (χ0) is 25.1. The van der Waals surface area contributed by atoms with E-state index in [1.165, 1.54) is 19.3 Å². The number of carbonyl (C=O) groups is 1. The van der Waals surface area contributed by atoms with Crippen LogP contribution in [0, 0.1) is 6.92 Å². The SMILES string of the molecule is Cc1oc(-c2ccc(C(=O)NCc3cccnc3)cc2)nc1CS(=O)(=O)N1CCN(C2CCC2)CC1. The Hall–Kier alpha value is -3.08. The van der Waals surface area contributed by atoms with Crippen LogP contribution in [0.25, 0.3) is 11.5 Å². The summed E-state index contributed by atoms with van der Waals surface area (Å²) < 4.78 is 33.5. The predicted octanol–water partition coefficient (Wildman–Crippen LogP) is 2.97. The molecule has 2 aromatic heterocycles. The van der Waals surface area contributed by atoms with Gasteiger partial charge in [-0.05, 0) is 55.7 Å². The lowest BCUT2D eigenvalue weighted by Gasteiger charge is -2.42. The minimum atomic E-state index is -3.49. The number of nitrogens with one attached hydrogen (secondary N) is 1. The summed E-state index contributed by atoms with van der Waals surface area (Å²) in [5.41, 5.74) is 2.53. The highest BCUT2D eigenvalue weighted by Gasteiger charge is 2.33. The molecule has 0 radical (unpaired) electrons. The molecule has 1 aliphatic carbocycles. The molecule has 190 valence electrons. The number of hydrogen-bond donors (Lipinski definition) is 1. The molecule has 2 fully saturated rings. The summed E-state index contributed by atoms with van der Waals surface area (Å²) in [5.74, 6) is 0.452. The van der Waals surface area contributed by atoms with Gasteiger partial charge in [-0.3, -0.25) is 14.7 Å². The first-order chi connectivity index (χ1) is 17.4. The first-order valence-corrected chi connectivity index (χ1v) is 14.0. The van der Waals surface area contributed by atoms with Crippen LogP contribution >= 0.6 is 0 Å². The zero-order valence-corrected chi connectivity index (χ0v) is 21.2. The number of oxazole rings is 1. The lowest BCUT2D eigenvalue weighted by atomic mass is 9.91. The van der Waals surface area contributed by atoms with Gasteiger partial charge in [0.1, 0.15) is 11.5 Å². The largest absolute Gasteiger partial charge is 0.441 e. The van der Waals surface area contributed by atoms with Gasteiger partial charge in [-0.15, -0.1) is 0 Å². The number of aromatic nitrogens is 2. The van der Waals surface area contributed by atoms with Gasteiger partial charge in [-0.2, -0.15) is 4.31 Å². The molecule has 9 nitrogen and oxygen atoms in total. The molecule has 1 aliphatic heterocycles. The van der Waals surface area contributed by atoms with Crippen LogP contribution in [-0.4, -0.2) is 65.7 Å². The molecule has 0 unspecified atom stereocenters. The third kappa shape index (κ3) is 5.50. The second-order valence-electron chi connectivity index (χ2n) is 9.42. The molecule has 1 saturated heterocycles. The number of pyridine rings is 1. The maximum absolute atomic E-state index is 13.1. The van der Waals surface area contributed by atoms with E-state index in [1.807, 2.05) is 12.1 Å². The van der Waals surface area contributed by atoms with E-state index in [9.17, 15) is 13.2 Å². The maximum atomic E-state index is 13.1. The summed E-state index contributed by atoms with van der Waals surface area (Å²) in [6.45, 7) is 4.74. The average Bonchev–Trinajstić information content (AvgIpc) is 3.22. The Kier molecular flexibility index (Phi) is 7.17. The van der Waals surface area contributed by atoms with E-state index in [0.717, 1.165) is 18.7 Å². The smallest absolute Gasteiger partial charge is 0.251 e. The van der Waals surface area contributed by atoms with E-state index in [1.54, 1.807) is 47.9 Å².